The lowest BCUT2D eigenvalue weighted by atomic mass is 10.1. The van der Waals surface area contributed by atoms with Crippen molar-refractivity contribution in [3.8, 4) is 0 Å². The maximum Gasteiger partial charge on any atom is 0.277 e. The fourth-order valence-corrected chi connectivity index (χ4v) is 1.86. The molecule has 6 nitrogen and oxygen atoms in total. The minimum absolute atomic E-state index is 0.228. The smallest absolute Gasteiger partial charge is 0.277 e. The van der Waals surface area contributed by atoms with Crippen molar-refractivity contribution in [2.75, 3.05) is 5.32 Å². The van der Waals surface area contributed by atoms with Gasteiger partial charge in [-0.25, -0.2) is 0 Å². The van der Waals surface area contributed by atoms with Crippen molar-refractivity contribution in [1.82, 2.24) is 20.0 Å². The zero-order valence-corrected chi connectivity index (χ0v) is 11.9. The number of aryl methyl sites for hydroxylation is 2. The summed E-state index contributed by atoms with van der Waals surface area (Å²) in [6.07, 6.45) is 0. The first kappa shape index (κ1) is 13.3. The van der Waals surface area contributed by atoms with Crippen LogP contribution in [0.5, 0.6) is 0 Å². The number of anilines is 1. The average Bonchev–Trinajstić information content (AvgIpc) is 2.91. The summed E-state index contributed by atoms with van der Waals surface area (Å²) in [5.41, 5.74) is 3.21. The topological polar surface area (TPSA) is 75.6 Å². The van der Waals surface area contributed by atoms with Crippen LogP contribution in [0.2, 0.25) is 0 Å². The molecular weight excluding hydrogens is 242 g/mol. The van der Waals surface area contributed by atoms with Gasteiger partial charge in [0, 0.05) is 18.3 Å². The zero-order chi connectivity index (χ0) is 14.2. The van der Waals surface area contributed by atoms with E-state index in [0.717, 1.165) is 17.0 Å². The minimum atomic E-state index is -0.228. The molecule has 0 aliphatic rings. The van der Waals surface area contributed by atoms with Crippen molar-refractivity contribution in [1.29, 1.82) is 0 Å². The molecule has 0 bridgehead atoms. The number of nitrogens with zero attached hydrogens (tertiary/aromatic N) is 3. The molecule has 0 radical (unpaired) electrons. The second-order valence-corrected chi connectivity index (χ2v) is 5.00. The number of carbonyl (C=O) groups excluding carboxylic acids is 1. The Morgan fingerprint density at radius 1 is 1.42 bits per heavy atom. The molecule has 0 fully saturated rings. The molecule has 0 spiro atoms. The van der Waals surface area contributed by atoms with E-state index in [4.69, 9.17) is 0 Å². The van der Waals surface area contributed by atoms with Gasteiger partial charge in [0.25, 0.3) is 5.91 Å². The van der Waals surface area contributed by atoms with Gasteiger partial charge in [0.05, 0.1) is 5.69 Å². The molecule has 0 aliphatic heterocycles. The van der Waals surface area contributed by atoms with Crippen molar-refractivity contribution in [3.63, 3.8) is 0 Å². The van der Waals surface area contributed by atoms with E-state index in [0.29, 0.717) is 17.4 Å². The lowest BCUT2D eigenvalue weighted by molar-refractivity contribution is 0.102. The SMILES string of the molecule is Cc1nn(C)c(NC(=O)c2cc(C(C)C)[nH]n2)c1C. The van der Waals surface area contributed by atoms with Crippen molar-refractivity contribution >= 4 is 11.7 Å². The third-order valence-corrected chi connectivity index (χ3v) is 3.21. The van der Waals surface area contributed by atoms with Crippen LogP contribution in [0, 0.1) is 13.8 Å². The third kappa shape index (κ3) is 2.52. The predicted octanol–water partition coefficient (Wildman–Crippen LogP) is 2.14. The molecule has 2 N–H and O–H groups in total. The van der Waals surface area contributed by atoms with Gasteiger partial charge < -0.3 is 5.32 Å². The van der Waals surface area contributed by atoms with Gasteiger partial charge >= 0.3 is 0 Å². The summed E-state index contributed by atoms with van der Waals surface area (Å²) in [5.74, 6) is 0.792. The molecule has 102 valence electrons. The number of hydrogen-bond donors (Lipinski definition) is 2. The van der Waals surface area contributed by atoms with Gasteiger partial charge in [-0.15, -0.1) is 0 Å². The Bertz CT molecular complexity index is 609. The van der Waals surface area contributed by atoms with E-state index < -0.39 is 0 Å². The number of carbonyl (C=O) groups is 1. The van der Waals surface area contributed by atoms with Crippen LogP contribution in [0.3, 0.4) is 0 Å². The Morgan fingerprint density at radius 3 is 2.58 bits per heavy atom. The molecule has 6 heteroatoms. The Morgan fingerprint density at radius 2 is 2.11 bits per heavy atom. The first-order valence-corrected chi connectivity index (χ1v) is 6.27. The normalized spacial score (nSPS) is 11.1. The lowest BCUT2D eigenvalue weighted by Crippen LogP contribution is -2.15. The number of H-pyrrole nitrogens is 1. The van der Waals surface area contributed by atoms with Crippen LogP contribution in [-0.4, -0.2) is 25.9 Å². The fourth-order valence-electron chi connectivity index (χ4n) is 1.86. The Hall–Kier alpha value is -2.11. The Kier molecular flexibility index (Phi) is 3.42. The molecule has 2 aromatic heterocycles. The van der Waals surface area contributed by atoms with Crippen LogP contribution in [0.25, 0.3) is 0 Å². The quantitative estimate of drug-likeness (QED) is 0.888. The second kappa shape index (κ2) is 4.87. The summed E-state index contributed by atoms with van der Waals surface area (Å²) in [4.78, 5) is 12.1. The van der Waals surface area contributed by atoms with E-state index in [1.807, 2.05) is 27.7 Å². The highest BCUT2D eigenvalue weighted by atomic mass is 16.2. The Labute approximate surface area is 112 Å². The highest BCUT2D eigenvalue weighted by Gasteiger charge is 2.16. The highest BCUT2D eigenvalue weighted by molar-refractivity contribution is 6.02. The first-order valence-electron chi connectivity index (χ1n) is 6.27. The third-order valence-electron chi connectivity index (χ3n) is 3.21. The summed E-state index contributed by atoms with van der Waals surface area (Å²) in [6, 6.07) is 1.78. The average molecular weight is 261 g/mol. The van der Waals surface area contributed by atoms with E-state index in [1.54, 1.807) is 17.8 Å². The highest BCUT2D eigenvalue weighted by Crippen LogP contribution is 2.18. The van der Waals surface area contributed by atoms with Gasteiger partial charge in [-0.05, 0) is 25.8 Å². The summed E-state index contributed by atoms with van der Waals surface area (Å²) < 4.78 is 1.67. The van der Waals surface area contributed by atoms with Gasteiger partial charge in [0.15, 0.2) is 5.69 Å². The van der Waals surface area contributed by atoms with Crippen molar-refractivity contribution < 1.29 is 4.79 Å². The largest absolute Gasteiger partial charge is 0.305 e. The number of aromatic nitrogens is 4. The van der Waals surface area contributed by atoms with Gasteiger partial charge in [-0.2, -0.15) is 10.2 Å². The van der Waals surface area contributed by atoms with Crippen molar-refractivity contribution in [2.24, 2.45) is 7.05 Å². The summed E-state index contributed by atoms with van der Waals surface area (Å²) >= 11 is 0. The summed E-state index contributed by atoms with van der Waals surface area (Å²) in [6.45, 7) is 7.94. The number of rotatable bonds is 3. The Balaban J connectivity index is 2.20. The summed E-state index contributed by atoms with van der Waals surface area (Å²) in [7, 11) is 1.81. The van der Waals surface area contributed by atoms with Gasteiger partial charge in [0.1, 0.15) is 5.82 Å². The maximum atomic E-state index is 12.1. The fraction of sp³-hybridized carbons (Fsp3) is 0.462. The molecule has 2 heterocycles. The predicted molar refractivity (Wildman–Crippen MR) is 73.3 cm³/mol. The first-order chi connectivity index (χ1) is 8.90. The molecule has 0 aliphatic carbocycles. The number of amides is 1. The molecule has 2 rings (SSSR count). The number of aromatic amines is 1. The molecule has 0 saturated carbocycles. The molecule has 0 aromatic carbocycles. The number of nitrogens with one attached hydrogen (secondary N) is 2. The van der Waals surface area contributed by atoms with E-state index in [9.17, 15) is 4.79 Å². The zero-order valence-electron chi connectivity index (χ0n) is 11.9. The van der Waals surface area contributed by atoms with E-state index in [2.05, 4.69) is 20.6 Å². The minimum Gasteiger partial charge on any atom is -0.305 e. The van der Waals surface area contributed by atoms with Crippen LogP contribution in [0.4, 0.5) is 5.82 Å². The maximum absolute atomic E-state index is 12.1. The van der Waals surface area contributed by atoms with Crippen LogP contribution >= 0.6 is 0 Å². The van der Waals surface area contributed by atoms with Crippen LogP contribution in [-0.2, 0) is 7.05 Å². The van der Waals surface area contributed by atoms with E-state index >= 15 is 0 Å². The van der Waals surface area contributed by atoms with E-state index in [1.165, 1.54) is 0 Å². The standard InChI is InChI=1S/C13H19N5O/c1-7(2)10-6-11(16-15-10)13(19)14-12-8(3)9(4)17-18(12)5/h6-7H,1-5H3,(H,14,19)(H,15,16). The van der Waals surface area contributed by atoms with Gasteiger partial charge in [-0.3, -0.25) is 14.6 Å². The number of hydrogen-bond acceptors (Lipinski definition) is 3. The van der Waals surface area contributed by atoms with Gasteiger partial charge in [-0.1, -0.05) is 13.8 Å². The molecule has 0 atom stereocenters. The monoisotopic (exact) mass is 261 g/mol. The molecule has 1 amide bonds. The molecule has 0 unspecified atom stereocenters. The van der Waals surface area contributed by atoms with Crippen LogP contribution < -0.4 is 5.32 Å². The second-order valence-electron chi connectivity index (χ2n) is 5.00. The van der Waals surface area contributed by atoms with Gasteiger partial charge in [0.2, 0.25) is 0 Å². The molecule has 0 saturated heterocycles. The molecular formula is C13H19N5O. The van der Waals surface area contributed by atoms with Crippen LogP contribution in [0.15, 0.2) is 6.07 Å². The van der Waals surface area contributed by atoms with Crippen molar-refractivity contribution in [3.05, 3.63) is 28.7 Å². The van der Waals surface area contributed by atoms with E-state index in [-0.39, 0.29) is 5.91 Å². The molecule has 2 aromatic rings. The molecule has 19 heavy (non-hydrogen) atoms. The van der Waals surface area contributed by atoms with Crippen molar-refractivity contribution in [2.45, 2.75) is 33.6 Å². The lowest BCUT2D eigenvalue weighted by Gasteiger charge is -2.04. The van der Waals surface area contributed by atoms with Crippen LogP contribution in [0.1, 0.15) is 47.2 Å². The summed E-state index contributed by atoms with van der Waals surface area (Å²) in [5, 5.41) is 14.0.